The number of hydrogen-bond donors (Lipinski definition) is 1. The quantitative estimate of drug-likeness (QED) is 0.891. The molecule has 0 bridgehead atoms. The molecule has 1 N–H and O–H groups in total. The van der Waals surface area contributed by atoms with E-state index in [1.807, 2.05) is 6.92 Å². The molecule has 2 rings (SSSR count). The van der Waals surface area contributed by atoms with Crippen LogP contribution in [-0.4, -0.2) is 26.2 Å². The van der Waals surface area contributed by atoms with Gasteiger partial charge in [0.1, 0.15) is 5.69 Å². The third kappa shape index (κ3) is 2.76. The largest absolute Gasteiger partial charge is 0.476 e. The number of ether oxygens (including phenoxy) is 1. The SMILES string of the molecule is CCOc1ncccc1NC(=O)c1cnsn1. The first kappa shape index (κ1) is 11.5. The second kappa shape index (κ2) is 5.35. The summed E-state index contributed by atoms with van der Waals surface area (Å²) in [5.74, 6) is 0.0687. The van der Waals surface area contributed by atoms with Crippen LogP contribution < -0.4 is 10.1 Å². The van der Waals surface area contributed by atoms with E-state index in [0.29, 0.717) is 18.2 Å². The Labute approximate surface area is 102 Å². The van der Waals surface area contributed by atoms with Crippen LogP contribution in [0.3, 0.4) is 0 Å². The number of aromatic nitrogens is 3. The Hall–Kier alpha value is -2.02. The van der Waals surface area contributed by atoms with Crippen LogP contribution in [0.25, 0.3) is 0 Å². The van der Waals surface area contributed by atoms with E-state index in [0.717, 1.165) is 11.7 Å². The third-order valence-corrected chi connectivity index (χ3v) is 2.37. The van der Waals surface area contributed by atoms with Crippen LogP contribution in [0.4, 0.5) is 5.69 Å². The second-order valence-electron chi connectivity index (χ2n) is 3.04. The molecule has 0 saturated carbocycles. The monoisotopic (exact) mass is 250 g/mol. The summed E-state index contributed by atoms with van der Waals surface area (Å²) in [6.07, 6.45) is 3.02. The number of pyridine rings is 1. The maximum absolute atomic E-state index is 11.7. The van der Waals surface area contributed by atoms with Crippen LogP contribution in [0.5, 0.6) is 5.88 Å². The maximum Gasteiger partial charge on any atom is 0.277 e. The topological polar surface area (TPSA) is 77.0 Å². The highest BCUT2D eigenvalue weighted by Crippen LogP contribution is 2.20. The van der Waals surface area contributed by atoms with Crippen molar-refractivity contribution in [3.05, 3.63) is 30.2 Å². The van der Waals surface area contributed by atoms with Crippen LogP contribution in [0.15, 0.2) is 24.5 Å². The van der Waals surface area contributed by atoms with Gasteiger partial charge in [-0.15, -0.1) is 0 Å². The number of nitrogens with zero attached hydrogens (tertiary/aromatic N) is 3. The standard InChI is InChI=1S/C10H10N4O2S/c1-2-16-10-7(4-3-5-11-10)13-9(15)8-6-12-17-14-8/h3-6H,2H2,1H3,(H,13,15). The van der Waals surface area contributed by atoms with Gasteiger partial charge >= 0.3 is 0 Å². The Morgan fingerprint density at radius 3 is 3.18 bits per heavy atom. The molecule has 7 heteroatoms. The van der Waals surface area contributed by atoms with E-state index in [2.05, 4.69) is 19.0 Å². The first-order valence-electron chi connectivity index (χ1n) is 4.98. The fourth-order valence-electron chi connectivity index (χ4n) is 1.19. The van der Waals surface area contributed by atoms with Crippen molar-refractivity contribution in [2.45, 2.75) is 6.92 Å². The van der Waals surface area contributed by atoms with Gasteiger partial charge in [0, 0.05) is 6.20 Å². The van der Waals surface area contributed by atoms with Crippen LogP contribution in [0.2, 0.25) is 0 Å². The number of carbonyl (C=O) groups is 1. The molecule has 0 aliphatic rings. The Kier molecular flexibility index (Phi) is 3.61. The average molecular weight is 250 g/mol. The Morgan fingerprint density at radius 2 is 2.47 bits per heavy atom. The van der Waals surface area contributed by atoms with Gasteiger partial charge in [-0.05, 0) is 19.1 Å². The van der Waals surface area contributed by atoms with Crippen molar-refractivity contribution in [2.75, 3.05) is 11.9 Å². The Balaban J connectivity index is 2.15. The molecule has 0 fully saturated rings. The minimum absolute atomic E-state index is 0.279. The summed E-state index contributed by atoms with van der Waals surface area (Å²) in [7, 11) is 0. The summed E-state index contributed by atoms with van der Waals surface area (Å²) in [6.45, 7) is 2.34. The smallest absolute Gasteiger partial charge is 0.277 e. The fourth-order valence-corrected chi connectivity index (χ4v) is 1.60. The molecule has 0 saturated heterocycles. The molecule has 0 unspecified atom stereocenters. The second-order valence-corrected chi connectivity index (χ2v) is 3.59. The molecule has 2 heterocycles. The predicted molar refractivity (Wildman–Crippen MR) is 63.3 cm³/mol. The minimum atomic E-state index is -0.326. The van der Waals surface area contributed by atoms with E-state index in [1.54, 1.807) is 18.3 Å². The van der Waals surface area contributed by atoms with Crippen molar-refractivity contribution in [3.63, 3.8) is 0 Å². The van der Waals surface area contributed by atoms with E-state index in [4.69, 9.17) is 4.74 Å². The van der Waals surface area contributed by atoms with E-state index < -0.39 is 0 Å². The highest BCUT2D eigenvalue weighted by atomic mass is 32.1. The van der Waals surface area contributed by atoms with Crippen LogP contribution in [0.1, 0.15) is 17.4 Å². The van der Waals surface area contributed by atoms with Crippen LogP contribution in [0, 0.1) is 0 Å². The van der Waals surface area contributed by atoms with Gasteiger partial charge < -0.3 is 10.1 Å². The zero-order valence-electron chi connectivity index (χ0n) is 9.08. The molecule has 0 aromatic carbocycles. The Morgan fingerprint density at radius 1 is 1.59 bits per heavy atom. The lowest BCUT2D eigenvalue weighted by Crippen LogP contribution is -2.13. The van der Waals surface area contributed by atoms with Gasteiger partial charge in [-0.2, -0.15) is 8.75 Å². The van der Waals surface area contributed by atoms with Crippen LogP contribution in [-0.2, 0) is 0 Å². The number of carbonyl (C=O) groups excluding carboxylic acids is 1. The molecular formula is C10H10N4O2S. The summed E-state index contributed by atoms with van der Waals surface area (Å²) in [5, 5.41) is 2.68. The summed E-state index contributed by atoms with van der Waals surface area (Å²) in [5.41, 5.74) is 0.800. The number of nitrogens with one attached hydrogen (secondary N) is 1. The molecule has 88 valence electrons. The lowest BCUT2D eigenvalue weighted by Gasteiger charge is -2.08. The molecule has 0 aliphatic heterocycles. The van der Waals surface area contributed by atoms with Crippen molar-refractivity contribution in [2.24, 2.45) is 0 Å². The van der Waals surface area contributed by atoms with E-state index in [-0.39, 0.29) is 11.6 Å². The van der Waals surface area contributed by atoms with Gasteiger partial charge in [-0.25, -0.2) is 4.98 Å². The molecule has 0 radical (unpaired) electrons. The molecule has 6 nitrogen and oxygen atoms in total. The van der Waals surface area contributed by atoms with Gasteiger partial charge in [0.05, 0.1) is 24.5 Å². The van der Waals surface area contributed by atoms with Crippen LogP contribution >= 0.6 is 11.7 Å². The van der Waals surface area contributed by atoms with E-state index in [9.17, 15) is 4.79 Å². The maximum atomic E-state index is 11.7. The lowest BCUT2D eigenvalue weighted by molar-refractivity contribution is 0.102. The van der Waals surface area contributed by atoms with Gasteiger partial charge in [0.15, 0.2) is 5.69 Å². The van der Waals surface area contributed by atoms with Crippen molar-refractivity contribution in [1.82, 2.24) is 13.7 Å². The predicted octanol–water partition coefficient (Wildman–Crippen LogP) is 1.58. The van der Waals surface area contributed by atoms with Gasteiger partial charge in [0.2, 0.25) is 5.88 Å². The first-order chi connectivity index (χ1) is 8.31. The zero-order valence-corrected chi connectivity index (χ0v) is 9.90. The summed E-state index contributed by atoms with van der Waals surface area (Å²) < 4.78 is 12.9. The van der Waals surface area contributed by atoms with Crippen molar-refractivity contribution in [3.8, 4) is 5.88 Å². The third-order valence-electron chi connectivity index (χ3n) is 1.89. The van der Waals surface area contributed by atoms with Crippen molar-refractivity contribution < 1.29 is 9.53 Å². The fraction of sp³-hybridized carbons (Fsp3) is 0.200. The van der Waals surface area contributed by atoms with Gasteiger partial charge in [-0.3, -0.25) is 4.79 Å². The van der Waals surface area contributed by atoms with Gasteiger partial charge in [-0.1, -0.05) is 0 Å². The highest BCUT2D eigenvalue weighted by Gasteiger charge is 2.12. The number of anilines is 1. The number of amides is 1. The molecular weight excluding hydrogens is 240 g/mol. The summed E-state index contributed by atoms with van der Waals surface area (Å²) in [4.78, 5) is 15.8. The normalized spacial score (nSPS) is 9.94. The number of hydrogen-bond acceptors (Lipinski definition) is 6. The molecule has 0 aliphatic carbocycles. The van der Waals surface area contributed by atoms with E-state index in [1.165, 1.54) is 6.20 Å². The molecule has 0 atom stereocenters. The van der Waals surface area contributed by atoms with Crippen molar-refractivity contribution >= 4 is 23.3 Å². The summed E-state index contributed by atoms with van der Waals surface area (Å²) >= 11 is 0.985. The summed E-state index contributed by atoms with van der Waals surface area (Å²) in [6, 6.07) is 3.44. The Bertz CT molecular complexity index is 501. The lowest BCUT2D eigenvalue weighted by atomic mass is 10.3. The first-order valence-corrected chi connectivity index (χ1v) is 5.71. The molecule has 2 aromatic rings. The number of rotatable bonds is 4. The molecule has 1 amide bonds. The van der Waals surface area contributed by atoms with E-state index >= 15 is 0 Å². The molecule has 17 heavy (non-hydrogen) atoms. The van der Waals surface area contributed by atoms with Gasteiger partial charge in [0.25, 0.3) is 5.91 Å². The average Bonchev–Trinajstić information content (AvgIpc) is 2.85. The molecule has 2 aromatic heterocycles. The minimum Gasteiger partial charge on any atom is -0.476 e. The van der Waals surface area contributed by atoms with Crippen molar-refractivity contribution in [1.29, 1.82) is 0 Å². The zero-order chi connectivity index (χ0) is 12.1. The molecule has 0 spiro atoms. The highest BCUT2D eigenvalue weighted by molar-refractivity contribution is 6.99.